The van der Waals surface area contributed by atoms with Crippen LogP contribution in [0.4, 0.5) is 0 Å². The minimum atomic E-state index is -0.318. The van der Waals surface area contributed by atoms with Crippen LogP contribution in [-0.2, 0) is 38.0 Å². The summed E-state index contributed by atoms with van der Waals surface area (Å²) in [6.07, 6.45) is 17.4. The van der Waals surface area contributed by atoms with Gasteiger partial charge in [-0.3, -0.25) is 0 Å². The lowest BCUT2D eigenvalue weighted by atomic mass is 9.74. The molecule has 2 heteroatoms. The van der Waals surface area contributed by atoms with Crippen molar-refractivity contribution in [1.82, 2.24) is 0 Å². The summed E-state index contributed by atoms with van der Waals surface area (Å²) in [5.74, 6) is 2.15. The average molecular weight is 919 g/mol. The first-order chi connectivity index (χ1) is 33.7. The van der Waals surface area contributed by atoms with Crippen LogP contribution >= 0.6 is 15.8 Å². The fourth-order valence-corrected chi connectivity index (χ4v) is 19.7. The molecule has 8 aromatic rings. The quantitative estimate of drug-likeness (QED) is 0.113. The van der Waals surface area contributed by atoms with Gasteiger partial charge in [0, 0.05) is 0 Å². The van der Waals surface area contributed by atoms with Crippen molar-refractivity contribution in [2.75, 3.05) is 24.6 Å². The lowest BCUT2D eigenvalue weighted by Gasteiger charge is -2.33. The third-order valence-electron chi connectivity index (χ3n) is 16.4. The highest BCUT2D eigenvalue weighted by Gasteiger charge is 2.40. The second-order valence-corrected chi connectivity index (χ2v) is 25.2. The average Bonchev–Trinajstić information content (AvgIpc) is 4.05. The maximum absolute atomic E-state index is 2.71. The van der Waals surface area contributed by atoms with Gasteiger partial charge in [-0.05, 0) is 201 Å². The van der Waals surface area contributed by atoms with Crippen LogP contribution in [0.15, 0.2) is 194 Å². The number of hydrogen-bond acceptors (Lipinski definition) is 0. The fraction of sp³-hybridized carbons (Fsp3) is 0.273. The molecule has 2 fully saturated rings. The summed E-state index contributed by atoms with van der Waals surface area (Å²) in [5, 5.41) is 0. The van der Waals surface area contributed by atoms with Gasteiger partial charge in [-0.25, -0.2) is 0 Å². The van der Waals surface area contributed by atoms with E-state index in [1.54, 1.807) is 44.5 Å². The molecule has 4 atom stereocenters. The molecule has 0 radical (unpaired) electrons. The van der Waals surface area contributed by atoms with Crippen LogP contribution in [0, 0.1) is 0 Å². The van der Waals surface area contributed by atoms with E-state index in [-0.39, 0.29) is 15.8 Å². The van der Waals surface area contributed by atoms with Crippen LogP contribution in [0.1, 0.15) is 105 Å². The zero-order valence-corrected chi connectivity index (χ0v) is 41.4. The number of benzene rings is 8. The number of aryl methyl sites for hydroxylation is 2. The Hall–Kier alpha value is -5.38. The second kappa shape index (κ2) is 19.9. The number of hydrogen-bond donors (Lipinski definition) is 0. The van der Waals surface area contributed by atoms with Crippen LogP contribution in [0.2, 0.25) is 0 Å². The Balaban J connectivity index is 1.07. The highest BCUT2D eigenvalue weighted by molar-refractivity contribution is 7.57. The topological polar surface area (TPSA) is 0 Å². The lowest BCUT2D eigenvalue weighted by Crippen LogP contribution is -2.14. The summed E-state index contributed by atoms with van der Waals surface area (Å²) >= 11 is 0. The molecule has 0 spiro atoms. The fourth-order valence-electron chi connectivity index (χ4n) is 13.2. The van der Waals surface area contributed by atoms with E-state index in [2.05, 4.69) is 194 Å². The summed E-state index contributed by atoms with van der Waals surface area (Å²) in [6.45, 7) is 0. The smallest absolute Gasteiger partial charge is 0.00503 e. The Bertz CT molecular complexity index is 2660. The van der Waals surface area contributed by atoms with E-state index < -0.39 is 0 Å². The molecule has 2 aliphatic heterocycles. The minimum Gasteiger partial charge on any atom is -0.101 e. The molecule has 8 aromatic carbocycles. The first kappa shape index (κ1) is 43.9. The van der Waals surface area contributed by atoms with E-state index in [0.29, 0.717) is 23.7 Å². The first-order valence-corrected chi connectivity index (χ1v) is 29.6. The molecule has 0 saturated carbocycles. The van der Waals surface area contributed by atoms with Gasteiger partial charge in [0.05, 0.1) is 0 Å². The normalized spacial score (nSPS) is 22.1. The molecule has 0 N–H and O–H groups in total. The third-order valence-corrected chi connectivity index (χ3v) is 21.6. The molecule has 0 amide bonds. The Morgan fingerprint density at radius 2 is 0.603 bits per heavy atom. The third kappa shape index (κ3) is 8.78. The van der Waals surface area contributed by atoms with Crippen molar-refractivity contribution < 1.29 is 0 Å². The standard InChI is InChI=1S/C66H64P2/c1-7-23-47(24-8-1)57-39-53-35-19-21-37-55(53)65(63(57)45-67-41-59(49-27-11-3-12-28-49)60(42-67)50-29-13-4-14-30-50)66-56-38-22-20-36-54(56)40-58(48-25-9-2-10-26-48)64(66)46-68-43-61(51-31-15-5-16-32-51)62(44-68)52-33-17-6-18-34-52/h1-18,23-34,39-40,59-62H,19-22,35-38,41-46H2. The minimum absolute atomic E-state index is 0.318. The summed E-state index contributed by atoms with van der Waals surface area (Å²) in [4.78, 5) is 0. The molecular formula is C66H64P2. The molecule has 0 nitrogen and oxygen atoms in total. The van der Waals surface area contributed by atoms with Gasteiger partial charge in [-0.15, -0.1) is 15.8 Å². The molecule has 12 rings (SSSR count). The Labute approximate surface area is 408 Å². The maximum atomic E-state index is 2.71. The molecule has 2 heterocycles. The second-order valence-electron chi connectivity index (χ2n) is 20.4. The maximum Gasteiger partial charge on any atom is -0.00503 e. The summed E-state index contributed by atoms with van der Waals surface area (Å²) in [5.41, 5.74) is 25.3. The van der Waals surface area contributed by atoms with Gasteiger partial charge < -0.3 is 0 Å². The molecule has 4 unspecified atom stereocenters. The molecule has 2 saturated heterocycles. The molecule has 2 aliphatic carbocycles. The SMILES string of the molecule is c1ccc(-c2cc3c(c(-c4c5c(cc(-c6ccccc6)c4CP4CC(c6ccccc6)C(c6ccccc6)C4)CCCC5)c2CP2CC(c4ccccc4)C(c4ccccc4)C2)CCCC3)cc1. The Kier molecular flexibility index (Phi) is 12.9. The monoisotopic (exact) mass is 918 g/mol. The van der Waals surface area contributed by atoms with Gasteiger partial charge in [0.2, 0.25) is 0 Å². The van der Waals surface area contributed by atoms with Crippen molar-refractivity contribution in [3.05, 3.63) is 250 Å². The van der Waals surface area contributed by atoms with Crippen LogP contribution < -0.4 is 0 Å². The van der Waals surface area contributed by atoms with E-state index >= 15 is 0 Å². The molecule has 338 valence electrons. The predicted molar refractivity (Wildman–Crippen MR) is 293 cm³/mol. The van der Waals surface area contributed by atoms with Crippen molar-refractivity contribution in [1.29, 1.82) is 0 Å². The summed E-state index contributed by atoms with van der Waals surface area (Å²) in [6, 6.07) is 75.0. The zero-order valence-electron chi connectivity index (χ0n) is 39.6. The van der Waals surface area contributed by atoms with E-state index in [1.165, 1.54) is 133 Å². The van der Waals surface area contributed by atoms with Gasteiger partial charge in [0.15, 0.2) is 0 Å². The summed E-state index contributed by atoms with van der Waals surface area (Å²) < 4.78 is 0. The van der Waals surface area contributed by atoms with Gasteiger partial charge in [0.25, 0.3) is 0 Å². The van der Waals surface area contributed by atoms with Gasteiger partial charge >= 0.3 is 0 Å². The largest absolute Gasteiger partial charge is 0.101 e. The van der Waals surface area contributed by atoms with Crippen molar-refractivity contribution in [3.63, 3.8) is 0 Å². The number of rotatable bonds is 11. The van der Waals surface area contributed by atoms with Gasteiger partial charge in [-0.2, -0.15) is 0 Å². The van der Waals surface area contributed by atoms with E-state index in [0.717, 1.165) is 0 Å². The van der Waals surface area contributed by atoms with E-state index in [4.69, 9.17) is 0 Å². The lowest BCUT2D eigenvalue weighted by molar-refractivity contribution is 0.666. The summed E-state index contributed by atoms with van der Waals surface area (Å²) in [7, 11) is -0.637. The molecule has 68 heavy (non-hydrogen) atoms. The van der Waals surface area contributed by atoms with E-state index in [9.17, 15) is 0 Å². The molecule has 0 bridgehead atoms. The van der Waals surface area contributed by atoms with Crippen LogP contribution in [0.3, 0.4) is 0 Å². The van der Waals surface area contributed by atoms with Crippen molar-refractivity contribution in [2.45, 2.75) is 87.4 Å². The predicted octanol–water partition coefficient (Wildman–Crippen LogP) is 17.6. The van der Waals surface area contributed by atoms with E-state index in [1.807, 2.05) is 0 Å². The number of fused-ring (bicyclic) bond motifs is 2. The van der Waals surface area contributed by atoms with Gasteiger partial charge in [0.1, 0.15) is 0 Å². The van der Waals surface area contributed by atoms with Gasteiger partial charge in [-0.1, -0.05) is 194 Å². The Morgan fingerprint density at radius 3 is 0.912 bits per heavy atom. The zero-order chi connectivity index (χ0) is 45.2. The highest BCUT2D eigenvalue weighted by Crippen LogP contribution is 2.63. The van der Waals surface area contributed by atoms with Crippen molar-refractivity contribution in [2.24, 2.45) is 0 Å². The molecule has 4 aliphatic rings. The molecular weight excluding hydrogens is 855 g/mol. The Morgan fingerprint density at radius 1 is 0.324 bits per heavy atom. The molecule has 0 aromatic heterocycles. The van der Waals surface area contributed by atoms with Crippen LogP contribution in [0.5, 0.6) is 0 Å². The first-order valence-electron chi connectivity index (χ1n) is 25.8. The van der Waals surface area contributed by atoms with Crippen molar-refractivity contribution >= 4 is 15.8 Å². The van der Waals surface area contributed by atoms with Crippen LogP contribution in [-0.4, -0.2) is 24.6 Å². The van der Waals surface area contributed by atoms with Crippen LogP contribution in [0.25, 0.3) is 33.4 Å². The highest BCUT2D eigenvalue weighted by atomic mass is 31.1. The van der Waals surface area contributed by atoms with Crippen molar-refractivity contribution in [3.8, 4) is 33.4 Å².